The molecule has 6 aromatic carbocycles. The first-order valence-corrected chi connectivity index (χ1v) is 32.5. The zero-order chi connectivity index (χ0) is 63.3. The Balaban J connectivity index is 0.000000174. The summed E-state index contributed by atoms with van der Waals surface area (Å²) < 4.78 is 21.1. The third kappa shape index (κ3) is 9.73. The number of Topliss-reactive ketones (excluding diaryl/α,β-unsaturated/α-hetero) is 4. The van der Waals surface area contributed by atoms with Crippen molar-refractivity contribution < 1.29 is 53.0 Å². The van der Waals surface area contributed by atoms with Gasteiger partial charge in [-0.3, -0.25) is 29.0 Å². The van der Waals surface area contributed by atoms with Crippen LogP contribution in [-0.4, -0.2) is 107 Å². The zero-order valence-electron chi connectivity index (χ0n) is 51.8. The molecule has 0 spiro atoms. The minimum Gasteiger partial charge on any atom is -0.470 e. The molecule has 0 unspecified atom stereocenters. The summed E-state index contributed by atoms with van der Waals surface area (Å²) in [5, 5.41) is 46.3. The summed E-state index contributed by atoms with van der Waals surface area (Å²) >= 11 is 2.76. The summed E-state index contributed by atoms with van der Waals surface area (Å²) in [6.45, 7) is 10.7. The number of aryl methyl sites for hydroxylation is 2. The summed E-state index contributed by atoms with van der Waals surface area (Å²) in [6.07, 6.45) is -0.515. The van der Waals surface area contributed by atoms with Crippen LogP contribution in [0.5, 0.6) is 11.8 Å². The van der Waals surface area contributed by atoms with Crippen LogP contribution < -0.4 is 9.47 Å². The number of aliphatic hydroxyl groups is 3. The van der Waals surface area contributed by atoms with Crippen molar-refractivity contribution in [3.05, 3.63) is 225 Å². The number of hydrogen-bond donors (Lipinski definition) is 3. The maximum atomic E-state index is 15.5. The fraction of sp³-hybridized carbons (Fsp3) is 0.378. The van der Waals surface area contributed by atoms with Crippen LogP contribution in [0.3, 0.4) is 0 Å². The van der Waals surface area contributed by atoms with E-state index in [1.54, 1.807) is 0 Å². The van der Waals surface area contributed by atoms with Crippen LogP contribution in [0.4, 0.5) is 0 Å². The van der Waals surface area contributed by atoms with Gasteiger partial charge in [0.2, 0.25) is 11.6 Å². The maximum absolute atomic E-state index is 15.5. The summed E-state index contributed by atoms with van der Waals surface area (Å²) in [7, 11) is 7.43. The average molecular weight is 1260 g/mol. The summed E-state index contributed by atoms with van der Waals surface area (Å²) in [5.41, 5.74) is 3.03. The minimum atomic E-state index is -2.46. The Kier molecular flexibility index (Phi) is 16.9. The Morgan fingerprint density at radius 3 is 1.32 bits per heavy atom. The highest BCUT2D eigenvalue weighted by atomic mass is 32.2. The molecule has 2 aromatic heterocycles. The van der Waals surface area contributed by atoms with E-state index in [1.165, 1.54) is 29.1 Å². The normalized spacial score (nSPS) is 30.0. The van der Waals surface area contributed by atoms with Gasteiger partial charge in [0.25, 0.3) is 11.8 Å². The molecule has 91 heavy (non-hydrogen) atoms. The molecule has 2 saturated carbocycles. The Morgan fingerprint density at radius 1 is 0.516 bits per heavy atom. The molecule has 6 aliphatic rings. The number of nitrogens with zero attached hydrogens (tertiary/aromatic N) is 4. The van der Waals surface area contributed by atoms with Crippen molar-refractivity contribution in [2.75, 3.05) is 28.2 Å². The average Bonchev–Trinajstić information content (AvgIpc) is 1.47. The molecule has 14 rings (SSSR count). The first-order chi connectivity index (χ1) is 43.2. The standard InChI is InChI=1S/C37H38N2O5S.C36H36N2O6S.CH4/c1-21-13-12-18-26-22(2)27-19-28-31(39(4)5)32-30(34(38-44-32)43-20-24-14-8-6-9-15-24)33(40)36(28,42)35(41)37(27,23(3)29(21)26)45-25-16-10-7-11-17-25;1-20-12-11-17-24-21(2)25-18-26-29(38(3)4)30-28(33(37-44-30)43-19-22-13-7-5-8-14-22)31(39)35(26,42)34(41)36(25,32(40)27(20)24)45-23-15-9-6-10-16-23;/h6-18,22-23,27-28,31,42H,19-20H2,1-5H3;5-17,21,25-26,29,32,40,42H,18-19H2,1-4H3;1H4/t22-,23+,27-,28-,31-,36+,37-;21-,25-,26-,29-,32+,35+,36+;/m00./s1. The lowest BCUT2D eigenvalue weighted by Crippen LogP contribution is -2.72. The van der Waals surface area contributed by atoms with E-state index in [-0.39, 0.29) is 73.0 Å². The smallest absolute Gasteiger partial charge is 0.265 e. The van der Waals surface area contributed by atoms with E-state index in [9.17, 15) is 24.9 Å². The highest BCUT2D eigenvalue weighted by Crippen LogP contribution is 2.69. The van der Waals surface area contributed by atoms with Gasteiger partial charge >= 0.3 is 0 Å². The number of hydrogen-bond acceptors (Lipinski definition) is 17. The fourth-order valence-electron chi connectivity index (χ4n) is 16.5. The first-order valence-electron chi connectivity index (χ1n) is 30.9. The molecule has 2 fully saturated rings. The highest BCUT2D eigenvalue weighted by molar-refractivity contribution is 8.01. The lowest BCUT2D eigenvalue weighted by Gasteiger charge is -2.60. The van der Waals surface area contributed by atoms with E-state index in [2.05, 4.69) is 56.2 Å². The van der Waals surface area contributed by atoms with Crippen molar-refractivity contribution in [1.29, 1.82) is 0 Å². The van der Waals surface area contributed by atoms with Crippen LogP contribution in [0.1, 0.15) is 154 Å². The molecule has 17 heteroatoms. The Bertz CT molecular complexity index is 3810. The maximum Gasteiger partial charge on any atom is 0.265 e. The second kappa shape index (κ2) is 24.2. The fourth-order valence-corrected chi connectivity index (χ4v) is 19.8. The molecule has 472 valence electrons. The number of rotatable bonds is 12. The predicted octanol–water partition coefficient (Wildman–Crippen LogP) is 13.1. The second-order valence-corrected chi connectivity index (χ2v) is 28.5. The quantitative estimate of drug-likeness (QED) is 0.0973. The lowest BCUT2D eigenvalue weighted by atomic mass is 9.49. The van der Waals surface area contributed by atoms with Crippen LogP contribution >= 0.6 is 23.5 Å². The number of carbonyl (C=O) groups excluding carboxylic acids is 4. The van der Waals surface area contributed by atoms with E-state index < -0.39 is 79.8 Å². The third-order valence-corrected chi connectivity index (χ3v) is 23.9. The van der Waals surface area contributed by atoms with E-state index in [0.717, 1.165) is 43.2 Å². The van der Waals surface area contributed by atoms with Gasteiger partial charge < -0.3 is 33.8 Å². The van der Waals surface area contributed by atoms with Crippen molar-refractivity contribution in [2.24, 2.45) is 23.7 Å². The second-order valence-electron chi connectivity index (χ2n) is 25.8. The number of ether oxygens (including phenoxy) is 2. The van der Waals surface area contributed by atoms with E-state index in [0.29, 0.717) is 24.2 Å². The van der Waals surface area contributed by atoms with Crippen LogP contribution in [0.15, 0.2) is 177 Å². The SMILES string of the molecule is C.Cc1cccc2c1[C@@H](C)[C@@]1(Sc3ccccc3)C(=O)[C@]3(O)C(=O)c4c(OCc5ccccc5)noc4[C@@H](N(C)C)[C@@H]3C[C@H]1[C@H]2C.Cc1cccc2c1[C@@H](O)[C@@]1(Sc3ccccc3)C(=O)[C@]3(O)C(=O)c4c(OCc5ccccc5)noc4[C@@H](N(C)C)[C@@H]3C[C@H]1[C@H]2C. The predicted molar refractivity (Wildman–Crippen MR) is 349 cm³/mol. The van der Waals surface area contributed by atoms with Crippen molar-refractivity contribution in [2.45, 2.75) is 135 Å². The molecule has 0 amide bonds. The van der Waals surface area contributed by atoms with Crippen molar-refractivity contribution in [3.63, 3.8) is 0 Å². The van der Waals surface area contributed by atoms with Crippen LogP contribution in [0.25, 0.3) is 0 Å². The molecule has 0 aliphatic heterocycles. The molecule has 2 heterocycles. The highest BCUT2D eigenvalue weighted by Gasteiger charge is 2.75. The minimum absolute atomic E-state index is 0. The van der Waals surface area contributed by atoms with E-state index in [4.69, 9.17) is 18.5 Å². The van der Waals surface area contributed by atoms with Gasteiger partial charge in [0.05, 0.1) is 16.8 Å². The number of carbonyl (C=O) groups is 4. The number of benzene rings is 6. The van der Waals surface area contributed by atoms with Crippen LogP contribution in [0.2, 0.25) is 0 Å². The first kappa shape index (κ1) is 63.7. The Labute approximate surface area is 539 Å². The van der Waals surface area contributed by atoms with Crippen LogP contribution in [-0.2, 0) is 22.8 Å². The number of fused-ring (bicyclic) bond motifs is 8. The molecule has 15 nitrogen and oxygen atoms in total. The van der Waals surface area contributed by atoms with Crippen LogP contribution in [0, 0.1) is 37.5 Å². The van der Waals surface area contributed by atoms with Crippen molar-refractivity contribution in [3.8, 4) is 11.8 Å². The molecule has 8 aromatic rings. The molecule has 0 saturated heterocycles. The molecule has 14 atom stereocenters. The summed E-state index contributed by atoms with van der Waals surface area (Å²) in [5.74, 6) is -4.56. The zero-order valence-corrected chi connectivity index (χ0v) is 53.5. The Hall–Kier alpha value is -7.48. The lowest BCUT2D eigenvalue weighted by molar-refractivity contribution is -0.160. The van der Waals surface area contributed by atoms with Gasteiger partial charge in [-0.1, -0.05) is 162 Å². The molecular weight excluding hydrogens is 1180 g/mol. The molecule has 3 N–H and O–H groups in total. The number of ketones is 4. The largest absolute Gasteiger partial charge is 0.470 e. The van der Waals surface area contributed by atoms with Gasteiger partial charge in [-0.2, -0.15) is 0 Å². The molecule has 0 bridgehead atoms. The van der Waals surface area contributed by atoms with Gasteiger partial charge in [-0.15, -0.1) is 23.5 Å². The molecule has 6 aliphatic carbocycles. The number of thioether (sulfide) groups is 2. The number of aromatic nitrogens is 2. The van der Waals surface area contributed by atoms with Gasteiger partial charge in [0, 0.05) is 27.5 Å². The Morgan fingerprint density at radius 2 is 0.890 bits per heavy atom. The van der Waals surface area contributed by atoms with Gasteiger partial charge in [-0.05, 0) is 158 Å². The van der Waals surface area contributed by atoms with E-state index >= 15 is 9.59 Å². The monoisotopic (exact) mass is 1260 g/mol. The van der Waals surface area contributed by atoms with Crippen molar-refractivity contribution in [1.82, 2.24) is 20.1 Å². The molecular formula is C74H78N4O11S2. The summed E-state index contributed by atoms with van der Waals surface area (Å²) in [4.78, 5) is 65.7. The van der Waals surface area contributed by atoms with Gasteiger partial charge in [-0.25, -0.2) is 0 Å². The number of aliphatic hydroxyl groups excluding tert-OH is 1. The van der Waals surface area contributed by atoms with E-state index in [1.807, 2.05) is 184 Å². The third-order valence-electron chi connectivity index (χ3n) is 20.7. The molecule has 0 radical (unpaired) electrons. The van der Waals surface area contributed by atoms with Gasteiger partial charge in [0.15, 0.2) is 34.3 Å². The topological polar surface area (TPSA) is 206 Å². The summed E-state index contributed by atoms with van der Waals surface area (Å²) in [6, 6.07) is 49.4. The van der Waals surface area contributed by atoms with Crippen molar-refractivity contribution >= 4 is 46.7 Å². The van der Waals surface area contributed by atoms with Gasteiger partial charge in [0.1, 0.15) is 35.2 Å².